The number of thiophene rings is 1. The summed E-state index contributed by atoms with van der Waals surface area (Å²) in [5.41, 5.74) is 1.41. The molecule has 0 aliphatic rings. The number of carbonyl (C=O) groups excluding carboxylic acids is 1. The predicted molar refractivity (Wildman–Crippen MR) is 86.6 cm³/mol. The Morgan fingerprint density at radius 2 is 2.05 bits per heavy atom. The first-order valence-electron chi connectivity index (χ1n) is 5.72. The maximum Gasteiger partial charge on any atom is 0.335 e. The molecule has 8 heteroatoms. The number of amides is 1. The number of aromatic carboxylic acids is 1. The monoisotopic (exact) mass is 382 g/mol. The molecule has 0 bridgehead atoms. The zero-order valence-electron chi connectivity index (χ0n) is 10.3. The molecule has 0 aliphatic heterocycles. The van der Waals surface area contributed by atoms with Crippen LogP contribution in [-0.4, -0.2) is 22.0 Å². The molecule has 0 saturated carbocycles. The number of thiazole rings is 1. The lowest BCUT2D eigenvalue weighted by atomic mass is 10.2. The highest BCUT2D eigenvalue weighted by Crippen LogP contribution is 2.28. The minimum atomic E-state index is -0.987. The predicted octanol–water partition coefficient (Wildman–Crippen LogP) is 4.07. The SMILES string of the molecule is O=C(O)c1ccc2nc(NC(=O)c3csc(Br)c3)sc2c1. The van der Waals surface area contributed by atoms with E-state index in [1.54, 1.807) is 23.6 Å². The molecule has 0 fully saturated rings. The smallest absolute Gasteiger partial charge is 0.335 e. The molecule has 3 rings (SSSR count). The van der Waals surface area contributed by atoms with Crippen LogP contribution in [-0.2, 0) is 0 Å². The summed E-state index contributed by atoms with van der Waals surface area (Å²) < 4.78 is 1.60. The molecule has 21 heavy (non-hydrogen) atoms. The fourth-order valence-electron chi connectivity index (χ4n) is 1.71. The standard InChI is InChI=1S/C13H7BrN2O3S2/c14-10-4-7(5-20-10)11(17)16-13-15-8-2-1-6(12(18)19)3-9(8)21-13/h1-5H,(H,18,19)(H,15,16,17). The first kappa shape index (κ1) is 14.2. The number of hydrogen-bond acceptors (Lipinski definition) is 5. The summed E-state index contributed by atoms with van der Waals surface area (Å²) in [7, 11) is 0. The number of anilines is 1. The lowest BCUT2D eigenvalue weighted by Gasteiger charge is -1.97. The zero-order chi connectivity index (χ0) is 15.0. The van der Waals surface area contributed by atoms with Crippen LogP contribution in [0.15, 0.2) is 33.4 Å². The molecule has 5 nitrogen and oxygen atoms in total. The number of carboxylic acids is 1. The van der Waals surface area contributed by atoms with Crippen molar-refractivity contribution in [3.05, 3.63) is 44.6 Å². The van der Waals surface area contributed by atoms with Crippen LogP contribution in [0.1, 0.15) is 20.7 Å². The number of benzene rings is 1. The quantitative estimate of drug-likeness (QED) is 0.715. The van der Waals surface area contributed by atoms with Crippen molar-refractivity contribution in [3.8, 4) is 0 Å². The number of nitrogens with one attached hydrogen (secondary N) is 1. The van der Waals surface area contributed by atoms with Gasteiger partial charge in [-0.15, -0.1) is 11.3 Å². The summed E-state index contributed by atoms with van der Waals surface area (Å²) in [6, 6.07) is 6.40. The van der Waals surface area contributed by atoms with E-state index in [2.05, 4.69) is 26.2 Å². The number of hydrogen-bond donors (Lipinski definition) is 2. The molecular weight excluding hydrogens is 376 g/mol. The second-order valence-corrected chi connectivity index (χ2v) is 7.42. The molecule has 0 spiro atoms. The Kier molecular flexibility index (Phi) is 3.75. The molecule has 0 unspecified atom stereocenters. The highest BCUT2D eigenvalue weighted by Gasteiger charge is 2.12. The van der Waals surface area contributed by atoms with Gasteiger partial charge >= 0.3 is 5.97 Å². The third kappa shape index (κ3) is 2.97. The summed E-state index contributed by atoms with van der Waals surface area (Å²) in [6.07, 6.45) is 0. The minimum absolute atomic E-state index is 0.200. The van der Waals surface area contributed by atoms with Gasteiger partial charge in [0.25, 0.3) is 5.91 Å². The molecule has 3 aromatic rings. The van der Waals surface area contributed by atoms with E-state index >= 15 is 0 Å². The first-order valence-corrected chi connectivity index (χ1v) is 8.21. The molecule has 2 aromatic heterocycles. The molecule has 0 atom stereocenters. The van der Waals surface area contributed by atoms with Crippen molar-refractivity contribution in [3.63, 3.8) is 0 Å². The van der Waals surface area contributed by atoms with Crippen molar-refractivity contribution in [2.45, 2.75) is 0 Å². The molecule has 0 saturated heterocycles. The van der Waals surface area contributed by atoms with Gasteiger partial charge in [0.1, 0.15) is 0 Å². The molecule has 106 valence electrons. The molecule has 0 aliphatic carbocycles. The van der Waals surface area contributed by atoms with Crippen molar-refractivity contribution in [1.29, 1.82) is 0 Å². The number of carboxylic acid groups (broad SMARTS) is 1. The Morgan fingerprint density at radius 3 is 2.71 bits per heavy atom. The number of rotatable bonds is 3. The van der Waals surface area contributed by atoms with Gasteiger partial charge in [-0.1, -0.05) is 11.3 Å². The number of carbonyl (C=O) groups is 2. The van der Waals surface area contributed by atoms with Crippen molar-refractivity contribution >= 4 is 65.8 Å². The fraction of sp³-hybridized carbons (Fsp3) is 0. The van der Waals surface area contributed by atoms with Gasteiger partial charge in [0.2, 0.25) is 0 Å². The van der Waals surface area contributed by atoms with Crippen molar-refractivity contribution in [1.82, 2.24) is 4.98 Å². The Labute approximate surface area is 135 Å². The van der Waals surface area contributed by atoms with E-state index in [4.69, 9.17) is 5.11 Å². The van der Waals surface area contributed by atoms with Gasteiger partial charge in [-0.25, -0.2) is 9.78 Å². The maximum atomic E-state index is 12.0. The Hall–Kier alpha value is -1.77. The van der Waals surface area contributed by atoms with E-state index in [0.717, 1.165) is 8.49 Å². The van der Waals surface area contributed by atoms with Gasteiger partial charge in [-0.3, -0.25) is 10.1 Å². The normalized spacial score (nSPS) is 10.7. The van der Waals surface area contributed by atoms with Crippen LogP contribution in [0.5, 0.6) is 0 Å². The zero-order valence-corrected chi connectivity index (χ0v) is 13.5. The number of fused-ring (bicyclic) bond motifs is 1. The number of aromatic nitrogens is 1. The van der Waals surface area contributed by atoms with Crippen LogP contribution in [0.4, 0.5) is 5.13 Å². The van der Waals surface area contributed by atoms with E-state index in [0.29, 0.717) is 16.2 Å². The van der Waals surface area contributed by atoms with Crippen LogP contribution in [0, 0.1) is 0 Å². The summed E-state index contributed by atoms with van der Waals surface area (Å²) in [6.45, 7) is 0. The third-order valence-corrected chi connectivity index (χ3v) is 5.12. The van der Waals surface area contributed by atoms with E-state index in [1.807, 2.05) is 0 Å². The van der Waals surface area contributed by atoms with Crippen molar-refractivity contribution < 1.29 is 14.7 Å². The van der Waals surface area contributed by atoms with E-state index in [-0.39, 0.29) is 11.5 Å². The average Bonchev–Trinajstić information content (AvgIpc) is 3.03. The van der Waals surface area contributed by atoms with Gasteiger partial charge in [-0.2, -0.15) is 0 Å². The Morgan fingerprint density at radius 1 is 1.24 bits per heavy atom. The van der Waals surface area contributed by atoms with E-state index < -0.39 is 5.97 Å². The van der Waals surface area contributed by atoms with Crippen molar-refractivity contribution in [2.75, 3.05) is 5.32 Å². The topological polar surface area (TPSA) is 79.3 Å². The largest absolute Gasteiger partial charge is 0.478 e. The van der Waals surface area contributed by atoms with Crippen LogP contribution < -0.4 is 5.32 Å². The highest BCUT2D eigenvalue weighted by atomic mass is 79.9. The van der Waals surface area contributed by atoms with Crippen LogP contribution in [0.25, 0.3) is 10.2 Å². The average molecular weight is 383 g/mol. The molecular formula is C13H7BrN2O3S2. The van der Waals surface area contributed by atoms with E-state index in [9.17, 15) is 9.59 Å². The van der Waals surface area contributed by atoms with Crippen LogP contribution >= 0.6 is 38.6 Å². The Balaban J connectivity index is 1.87. The summed E-state index contributed by atoms with van der Waals surface area (Å²) >= 11 is 5.98. The van der Waals surface area contributed by atoms with E-state index in [1.165, 1.54) is 28.7 Å². The third-order valence-electron chi connectivity index (χ3n) is 2.69. The van der Waals surface area contributed by atoms with Gasteiger partial charge in [0.05, 0.1) is 25.1 Å². The molecule has 1 aromatic carbocycles. The minimum Gasteiger partial charge on any atom is -0.478 e. The van der Waals surface area contributed by atoms with Gasteiger partial charge < -0.3 is 5.11 Å². The van der Waals surface area contributed by atoms with Gasteiger partial charge in [-0.05, 0) is 40.2 Å². The lowest BCUT2D eigenvalue weighted by molar-refractivity contribution is 0.0697. The second-order valence-electron chi connectivity index (χ2n) is 4.10. The summed E-state index contributed by atoms with van der Waals surface area (Å²) in [5.74, 6) is -1.23. The number of nitrogens with zero attached hydrogens (tertiary/aromatic N) is 1. The second kappa shape index (κ2) is 5.55. The fourth-order valence-corrected chi connectivity index (χ4v) is 3.75. The first-order chi connectivity index (χ1) is 10.0. The lowest BCUT2D eigenvalue weighted by Crippen LogP contribution is -2.10. The van der Waals surface area contributed by atoms with Gasteiger partial charge in [0.15, 0.2) is 5.13 Å². The highest BCUT2D eigenvalue weighted by molar-refractivity contribution is 9.11. The summed E-state index contributed by atoms with van der Waals surface area (Å²) in [5, 5.41) is 13.9. The summed E-state index contributed by atoms with van der Waals surface area (Å²) in [4.78, 5) is 27.2. The molecule has 2 heterocycles. The van der Waals surface area contributed by atoms with Crippen LogP contribution in [0.3, 0.4) is 0 Å². The molecule has 0 radical (unpaired) electrons. The molecule has 1 amide bonds. The number of halogens is 1. The van der Waals surface area contributed by atoms with Gasteiger partial charge in [0, 0.05) is 5.38 Å². The Bertz CT molecular complexity index is 856. The van der Waals surface area contributed by atoms with Crippen molar-refractivity contribution in [2.24, 2.45) is 0 Å². The van der Waals surface area contributed by atoms with Crippen LogP contribution in [0.2, 0.25) is 0 Å². The maximum absolute atomic E-state index is 12.0. The molecule has 2 N–H and O–H groups in total.